The molecule has 0 aromatic carbocycles. The van der Waals surface area contributed by atoms with Gasteiger partial charge in [-0.25, -0.2) is 0 Å². The second-order valence-electron chi connectivity index (χ2n) is 5.58. The fourth-order valence-corrected chi connectivity index (χ4v) is 2.82. The Labute approximate surface area is 109 Å². The van der Waals surface area contributed by atoms with E-state index in [4.69, 9.17) is 10.5 Å². The highest BCUT2D eigenvalue weighted by Gasteiger charge is 2.32. The van der Waals surface area contributed by atoms with Gasteiger partial charge in [-0.05, 0) is 25.7 Å². The van der Waals surface area contributed by atoms with Gasteiger partial charge in [0.15, 0.2) is 5.96 Å². The lowest BCUT2D eigenvalue weighted by Crippen LogP contribution is -2.38. The Morgan fingerprint density at radius 2 is 2.17 bits per heavy atom. The SMILES string of the molecule is NC(=NCC1(CO)CCCC1)NCC1CCCO1. The van der Waals surface area contributed by atoms with E-state index in [1.807, 2.05) is 0 Å². The summed E-state index contributed by atoms with van der Waals surface area (Å²) in [6, 6.07) is 0. The molecule has 1 aliphatic carbocycles. The summed E-state index contributed by atoms with van der Waals surface area (Å²) in [5.41, 5.74) is 5.83. The molecule has 1 aliphatic heterocycles. The molecule has 1 saturated carbocycles. The molecule has 1 saturated heterocycles. The lowest BCUT2D eigenvalue weighted by atomic mass is 9.87. The van der Waals surface area contributed by atoms with Crippen molar-refractivity contribution in [3.05, 3.63) is 0 Å². The van der Waals surface area contributed by atoms with Crippen LogP contribution >= 0.6 is 0 Å². The molecule has 1 unspecified atom stereocenters. The van der Waals surface area contributed by atoms with Gasteiger partial charge < -0.3 is 20.9 Å². The minimum absolute atomic E-state index is 0.0177. The molecular weight excluding hydrogens is 230 g/mol. The lowest BCUT2D eigenvalue weighted by molar-refractivity contribution is 0.113. The van der Waals surface area contributed by atoms with Crippen LogP contribution in [-0.2, 0) is 4.74 Å². The number of nitrogens with two attached hydrogens (primary N) is 1. The third-order valence-electron chi connectivity index (χ3n) is 4.12. The van der Waals surface area contributed by atoms with Gasteiger partial charge >= 0.3 is 0 Å². The molecule has 1 heterocycles. The Hall–Kier alpha value is -0.810. The minimum Gasteiger partial charge on any atom is -0.396 e. The molecule has 4 N–H and O–H groups in total. The maximum absolute atomic E-state index is 9.48. The topological polar surface area (TPSA) is 79.9 Å². The highest BCUT2D eigenvalue weighted by Crippen LogP contribution is 2.37. The molecule has 0 aromatic rings. The molecular formula is C13H25N3O2. The van der Waals surface area contributed by atoms with Crippen LogP contribution in [0.5, 0.6) is 0 Å². The van der Waals surface area contributed by atoms with E-state index in [1.165, 1.54) is 12.8 Å². The van der Waals surface area contributed by atoms with Crippen LogP contribution in [0.1, 0.15) is 38.5 Å². The van der Waals surface area contributed by atoms with Gasteiger partial charge in [0.05, 0.1) is 19.3 Å². The van der Waals surface area contributed by atoms with Crippen molar-refractivity contribution in [2.45, 2.75) is 44.6 Å². The third kappa shape index (κ3) is 3.59. The average molecular weight is 255 g/mol. The standard InChI is InChI=1S/C13H25N3O2/c14-12(15-8-11-4-3-7-18-11)16-9-13(10-17)5-1-2-6-13/h11,17H,1-10H2,(H3,14,15,16). The number of aliphatic imine (C=N–C) groups is 1. The lowest BCUT2D eigenvalue weighted by Gasteiger charge is -2.24. The number of aliphatic hydroxyl groups excluding tert-OH is 1. The summed E-state index contributed by atoms with van der Waals surface area (Å²) in [6.07, 6.45) is 7.02. The Bertz CT molecular complexity index is 282. The largest absolute Gasteiger partial charge is 0.396 e. The van der Waals surface area contributed by atoms with E-state index < -0.39 is 0 Å². The van der Waals surface area contributed by atoms with Crippen LogP contribution in [0.4, 0.5) is 0 Å². The Morgan fingerprint density at radius 1 is 1.39 bits per heavy atom. The fraction of sp³-hybridized carbons (Fsp3) is 0.923. The zero-order valence-electron chi connectivity index (χ0n) is 11.0. The second-order valence-corrected chi connectivity index (χ2v) is 5.58. The van der Waals surface area contributed by atoms with Gasteiger partial charge in [0.25, 0.3) is 0 Å². The molecule has 18 heavy (non-hydrogen) atoms. The fourth-order valence-electron chi connectivity index (χ4n) is 2.82. The summed E-state index contributed by atoms with van der Waals surface area (Å²) in [5, 5.41) is 12.6. The van der Waals surface area contributed by atoms with Gasteiger partial charge in [-0.3, -0.25) is 4.99 Å². The van der Waals surface area contributed by atoms with E-state index in [-0.39, 0.29) is 18.1 Å². The molecule has 0 aromatic heterocycles. The summed E-state index contributed by atoms with van der Waals surface area (Å²) >= 11 is 0. The van der Waals surface area contributed by atoms with Gasteiger partial charge in [0.1, 0.15) is 0 Å². The van der Waals surface area contributed by atoms with E-state index in [2.05, 4.69) is 10.3 Å². The number of nitrogens with zero attached hydrogens (tertiary/aromatic N) is 1. The van der Waals surface area contributed by atoms with Gasteiger partial charge in [-0.2, -0.15) is 0 Å². The Balaban J connectivity index is 1.73. The van der Waals surface area contributed by atoms with E-state index in [1.54, 1.807) is 0 Å². The van der Waals surface area contributed by atoms with Crippen molar-refractivity contribution < 1.29 is 9.84 Å². The zero-order chi connectivity index (χ0) is 12.8. The van der Waals surface area contributed by atoms with Gasteiger partial charge in [0.2, 0.25) is 0 Å². The summed E-state index contributed by atoms with van der Waals surface area (Å²) in [6.45, 7) is 2.45. The summed E-state index contributed by atoms with van der Waals surface area (Å²) < 4.78 is 5.51. The molecule has 0 bridgehead atoms. The molecule has 1 atom stereocenters. The van der Waals surface area contributed by atoms with Crippen LogP contribution < -0.4 is 11.1 Å². The molecule has 2 aliphatic rings. The maximum Gasteiger partial charge on any atom is 0.188 e. The van der Waals surface area contributed by atoms with Gasteiger partial charge in [0, 0.05) is 18.6 Å². The first-order valence-electron chi connectivity index (χ1n) is 7.00. The molecule has 0 radical (unpaired) electrons. The molecule has 2 rings (SSSR count). The van der Waals surface area contributed by atoms with Crippen molar-refractivity contribution in [2.75, 3.05) is 26.3 Å². The van der Waals surface area contributed by atoms with Crippen molar-refractivity contribution in [1.82, 2.24) is 5.32 Å². The number of rotatable bonds is 5. The number of guanidine groups is 1. The van der Waals surface area contributed by atoms with E-state index in [0.29, 0.717) is 12.5 Å². The quantitative estimate of drug-likeness (QED) is 0.497. The van der Waals surface area contributed by atoms with Crippen LogP contribution in [0, 0.1) is 5.41 Å². The monoisotopic (exact) mass is 255 g/mol. The van der Waals surface area contributed by atoms with E-state index in [0.717, 1.165) is 38.8 Å². The molecule has 0 spiro atoms. The summed E-state index contributed by atoms with van der Waals surface area (Å²) in [7, 11) is 0. The van der Waals surface area contributed by atoms with Crippen LogP contribution in [0.25, 0.3) is 0 Å². The van der Waals surface area contributed by atoms with Crippen molar-refractivity contribution in [3.63, 3.8) is 0 Å². The first kappa shape index (κ1) is 13.6. The summed E-state index contributed by atoms with van der Waals surface area (Å²) in [5.74, 6) is 0.477. The molecule has 5 heteroatoms. The Kier molecular flexibility index (Phi) is 4.83. The molecule has 104 valence electrons. The highest BCUT2D eigenvalue weighted by molar-refractivity contribution is 5.77. The smallest absolute Gasteiger partial charge is 0.188 e. The Morgan fingerprint density at radius 3 is 2.78 bits per heavy atom. The number of hydrogen-bond acceptors (Lipinski definition) is 3. The number of aliphatic hydroxyl groups is 1. The van der Waals surface area contributed by atoms with Gasteiger partial charge in [-0.1, -0.05) is 12.8 Å². The number of hydrogen-bond donors (Lipinski definition) is 3. The third-order valence-corrected chi connectivity index (χ3v) is 4.12. The maximum atomic E-state index is 9.48. The van der Waals surface area contributed by atoms with Crippen LogP contribution in [0.3, 0.4) is 0 Å². The second kappa shape index (κ2) is 6.38. The van der Waals surface area contributed by atoms with Crippen molar-refractivity contribution in [1.29, 1.82) is 0 Å². The number of ether oxygens (including phenoxy) is 1. The minimum atomic E-state index is -0.0177. The molecule has 0 amide bonds. The highest BCUT2D eigenvalue weighted by atomic mass is 16.5. The van der Waals surface area contributed by atoms with E-state index >= 15 is 0 Å². The van der Waals surface area contributed by atoms with Crippen molar-refractivity contribution >= 4 is 5.96 Å². The zero-order valence-corrected chi connectivity index (χ0v) is 11.0. The first-order valence-corrected chi connectivity index (χ1v) is 7.00. The number of nitrogens with one attached hydrogen (secondary N) is 1. The first-order chi connectivity index (χ1) is 8.74. The predicted octanol–water partition coefficient (Wildman–Crippen LogP) is 0.622. The van der Waals surface area contributed by atoms with E-state index in [9.17, 15) is 5.11 Å². The summed E-state index contributed by atoms with van der Waals surface area (Å²) in [4.78, 5) is 4.38. The van der Waals surface area contributed by atoms with Crippen LogP contribution in [0.15, 0.2) is 4.99 Å². The van der Waals surface area contributed by atoms with Crippen molar-refractivity contribution in [2.24, 2.45) is 16.1 Å². The predicted molar refractivity (Wildman–Crippen MR) is 71.5 cm³/mol. The van der Waals surface area contributed by atoms with Crippen LogP contribution in [-0.4, -0.2) is 43.5 Å². The molecule has 2 fully saturated rings. The van der Waals surface area contributed by atoms with Crippen molar-refractivity contribution in [3.8, 4) is 0 Å². The molecule has 5 nitrogen and oxygen atoms in total. The van der Waals surface area contributed by atoms with Gasteiger partial charge in [-0.15, -0.1) is 0 Å². The average Bonchev–Trinajstić information content (AvgIpc) is 3.06. The normalized spacial score (nSPS) is 27.6. The van der Waals surface area contributed by atoms with Crippen LogP contribution in [0.2, 0.25) is 0 Å².